The fourth-order valence-electron chi connectivity index (χ4n) is 2.45. The monoisotopic (exact) mass is 265 g/mol. The number of hydrogen-bond donors (Lipinski definition) is 1. The molecule has 0 atom stereocenters. The molecule has 0 saturated carbocycles. The lowest BCUT2D eigenvalue weighted by Crippen LogP contribution is -2.33. The average molecular weight is 265 g/mol. The molecule has 0 spiro atoms. The number of aliphatic hydroxyl groups excluding tert-OH is 1. The lowest BCUT2D eigenvalue weighted by Gasteiger charge is -2.29. The van der Waals surface area contributed by atoms with Gasteiger partial charge in [-0.3, -0.25) is 0 Å². The predicted molar refractivity (Wildman–Crippen MR) is 79.7 cm³/mol. The Kier molecular flexibility index (Phi) is 5.39. The average Bonchev–Trinajstić information content (AvgIpc) is 2.31. The van der Waals surface area contributed by atoms with Gasteiger partial charge in [-0.05, 0) is 38.1 Å². The van der Waals surface area contributed by atoms with Crippen molar-refractivity contribution in [3.63, 3.8) is 0 Å². The van der Waals surface area contributed by atoms with E-state index in [2.05, 4.69) is 51.8 Å². The van der Waals surface area contributed by atoms with E-state index in [0.717, 1.165) is 18.8 Å². The van der Waals surface area contributed by atoms with E-state index in [0.29, 0.717) is 0 Å². The number of benzene rings is 1. The van der Waals surface area contributed by atoms with Crippen LogP contribution in [0.15, 0.2) is 12.1 Å². The largest absolute Gasteiger partial charge is 0.496 e. The zero-order chi connectivity index (χ0) is 14.6. The second kappa shape index (κ2) is 6.40. The highest BCUT2D eigenvalue weighted by Gasteiger charge is 2.20. The number of hydrogen-bond acceptors (Lipinski definition) is 3. The van der Waals surface area contributed by atoms with Crippen molar-refractivity contribution in [3.8, 4) is 5.75 Å². The molecule has 0 aliphatic heterocycles. The van der Waals surface area contributed by atoms with Crippen LogP contribution in [0, 0.1) is 19.3 Å². The molecular formula is C16H27NO2. The van der Waals surface area contributed by atoms with E-state index in [9.17, 15) is 5.11 Å². The Labute approximate surface area is 117 Å². The van der Waals surface area contributed by atoms with Crippen LogP contribution in [0.1, 0.15) is 30.5 Å². The van der Waals surface area contributed by atoms with Crippen molar-refractivity contribution in [1.29, 1.82) is 0 Å². The third-order valence-electron chi connectivity index (χ3n) is 3.35. The van der Waals surface area contributed by atoms with E-state index in [1.54, 1.807) is 7.11 Å². The van der Waals surface area contributed by atoms with Gasteiger partial charge in [-0.1, -0.05) is 19.9 Å². The van der Waals surface area contributed by atoms with Crippen LogP contribution in [-0.2, 0) is 6.54 Å². The van der Waals surface area contributed by atoms with Crippen LogP contribution >= 0.6 is 0 Å². The van der Waals surface area contributed by atoms with Crippen molar-refractivity contribution in [2.24, 2.45) is 5.41 Å². The molecule has 1 aromatic carbocycles. The second-order valence-electron chi connectivity index (χ2n) is 6.26. The van der Waals surface area contributed by atoms with E-state index < -0.39 is 0 Å². The number of rotatable bonds is 6. The lowest BCUT2D eigenvalue weighted by molar-refractivity contribution is 0.112. The van der Waals surface area contributed by atoms with Gasteiger partial charge in [0.1, 0.15) is 5.75 Å². The maximum atomic E-state index is 9.35. The minimum atomic E-state index is -0.0828. The van der Waals surface area contributed by atoms with Crippen molar-refractivity contribution in [2.75, 3.05) is 27.3 Å². The quantitative estimate of drug-likeness (QED) is 0.858. The molecule has 0 aliphatic rings. The normalized spacial score (nSPS) is 12.0. The van der Waals surface area contributed by atoms with Gasteiger partial charge in [0.2, 0.25) is 0 Å². The highest BCUT2D eigenvalue weighted by molar-refractivity contribution is 5.42. The number of nitrogens with zero attached hydrogens (tertiary/aromatic N) is 1. The highest BCUT2D eigenvalue weighted by Crippen LogP contribution is 2.26. The second-order valence-corrected chi connectivity index (χ2v) is 6.26. The number of aryl methyl sites for hydroxylation is 2. The Balaban J connectivity index is 2.87. The standard InChI is InChI=1S/C16H27NO2/c1-12-7-13(2)14(15(8-12)19-6)9-17(5)10-16(3,4)11-18/h7-8,18H,9-11H2,1-6H3. The molecule has 108 valence electrons. The summed E-state index contributed by atoms with van der Waals surface area (Å²) >= 11 is 0. The number of ether oxygens (including phenoxy) is 1. The number of methoxy groups -OCH3 is 1. The van der Waals surface area contributed by atoms with Crippen LogP contribution < -0.4 is 4.74 Å². The minimum absolute atomic E-state index is 0.0828. The molecule has 1 N–H and O–H groups in total. The van der Waals surface area contributed by atoms with Gasteiger partial charge in [-0.15, -0.1) is 0 Å². The van der Waals surface area contributed by atoms with Gasteiger partial charge in [0, 0.05) is 30.7 Å². The summed E-state index contributed by atoms with van der Waals surface area (Å²) in [5.41, 5.74) is 3.62. The van der Waals surface area contributed by atoms with E-state index in [4.69, 9.17) is 4.74 Å². The highest BCUT2D eigenvalue weighted by atomic mass is 16.5. The smallest absolute Gasteiger partial charge is 0.123 e. The Hall–Kier alpha value is -1.06. The summed E-state index contributed by atoms with van der Waals surface area (Å²) in [4.78, 5) is 2.23. The van der Waals surface area contributed by atoms with Crippen molar-refractivity contribution in [2.45, 2.75) is 34.2 Å². The summed E-state index contributed by atoms with van der Waals surface area (Å²) in [6, 6.07) is 4.26. The van der Waals surface area contributed by atoms with Gasteiger partial charge in [0.15, 0.2) is 0 Å². The van der Waals surface area contributed by atoms with Crippen LogP contribution in [-0.4, -0.2) is 37.3 Å². The molecule has 19 heavy (non-hydrogen) atoms. The van der Waals surface area contributed by atoms with E-state index in [1.807, 2.05) is 0 Å². The Morgan fingerprint density at radius 3 is 2.42 bits per heavy atom. The molecule has 0 amide bonds. The lowest BCUT2D eigenvalue weighted by atomic mass is 9.94. The van der Waals surface area contributed by atoms with Crippen LogP contribution in [0.3, 0.4) is 0 Å². The third kappa shape index (κ3) is 4.51. The summed E-state index contributed by atoms with van der Waals surface area (Å²) in [5.74, 6) is 0.950. The van der Waals surface area contributed by atoms with Gasteiger partial charge in [-0.25, -0.2) is 0 Å². The molecule has 1 aromatic rings. The maximum Gasteiger partial charge on any atom is 0.123 e. The van der Waals surface area contributed by atoms with Crippen molar-refractivity contribution in [3.05, 3.63) is 28.8 Å². The summed E-state index contributed by atoms with van der Waals surface area (Å²) < 4.78 is 5.49. The van der Waals surface area contributed by atoms with Crippen molar-refractivity contribution < 1.29 is 9.84 Å². The first-order valence-corrected chi connectivity index (χ1v) is 6.72. The topological polar surface area (TPSA) is 32.7 Å². The molecule has 3 heteroatoms. The molecule has 0 bridgehead atoms. The first kappa shape index (κ1) is 16.0. The fourth-order valence-corrected chi connectivity index (χ4v) is 2.45. The predicted octanol–water partition coefficient (Wildman–Crippen LogP) is 2.76. The van der Waals surface area contributed by atoms with Crippen molar-refractivity contribution in [1.82, 2.24) is 4.90 Å². The summed E-state index contributed by atoms with van der Waals surface area (Å²) in [5, 5.41) is 9.35. The molecular weight excluding hydrogens is 238 g/mol. The minimum Gasteiger partial charge on any atom is -0.496 e. The summed E-state index contributed by atoms with van der Waals surface area (Å²) in [7, 11) is 3.80. The fraction of sp³-hybridized carbons (Fsp3) is 0.625. The maximum absolute atomic E-state index is 9.35. The zero-order valence-electron chi connectivity index (χ0n) is 13.1. The van der Waals surface area contributed by atoms with Crippen LogP contribution in [0.2, 0.25) is 0 Å². The molecule has 0 unspecified atom stereocenters. The van der Waals surface area contributed by atoms with Crippen LogP contribution in [0.4, 0.5) is 0 Å². The molecule has 0 aliphatic carbocycles. The molecule has 3 nitrogen and oxygen atoms in total. The van der Waals surface area contributed by atoms with Crippen LogP contribution in [0.5, 0.6) is 5.75 Å². The van der Waals surface area contributed by atoms with Crippen molar-refractivity contribution >= 4 is 0 Å². The first-order valence-electron chi connectivity index (χ1n) is 6.72. The molecule has 0 aromatic heterocycles. The van der Waals surface area contributed by atoms with Gasteiger partial charge < -0.3 is 14.7 Å². The molecule has 0 saturated heterocycles. The van der Waals surface area contributed by atoms with Gasteiger partial charge >= 0.3 is 0 Å². The summed E-state index contributed by atoms with van der Waals surface area (Å²) in [6.07, 6.45) is 0. The van der Waals surface area contributed by atoms with Crippen LogP contribution in [0.25, 0.3) is 0 Å². The third-order valence-corrected chi connectivity index (χ3v) is 3.35. The van der Waals surface area contributed by atoms with Gasteiger partial charge in [-0.2, -0.15) is 0 Å². The Morgan fingerprint density at radius 1 is 1.26 bits per heavy atom. The first-order chi connectivity index (χ1) is 8.79. The Morgan fingerprint density at radius 2 is 1.89 bits per heavy atom. The van der Waals surface area contributed by atoms with E-state index in [1.165, 1.54) is 16.7 Å². The van der Waals surface area contributed by atoms with E-state index >= 15 is 0 Å². The summed E-state index contributed by atoms with van der Waals surface area (Å²) in [6.45, 7) is 10.2. The molecule has 1 rings (SSSR count). The van der Waals surface area contributed by atoms with Gasteiger partial charge in [0.05, 0.1) is 7.11 Å². The molecule has 0 radical (unpaired) electrons. The zero-order valence-corrected chi connectivity index (χ0v) is 13.1. The van der Waals surface area contributed by atoms with E-state index in [-0.39, 0.29) is 12.0 Å². The Bertz CT molecular complexity index is 427. The van der Waals surface area contributed by atoms with Gasteiger partial charge in [0.25, 0.3) is 0 Å². The molecule has 0 fully saturated rings. The number of aliphatic hydroxyl groups is 1. The SMILES string of the molecule is COc1cc(C)cc(C)c1CN(C)CC(C)(C)CO. The molecule has 0 heterocycles.